The molecule has 2 rings (SSSR count). The Kier molecular flexibility index (Phi) is 3.93. The van der Waals surface area contributed by atoms with Gasteiger partial charge in [-0.05, 0) is 42.4 Å². The Hall–Kier alpha value is -1.71. The molecule has 0 spiro atoms. The maximum absolute atomic E-state index is 12.4. The third kappa shape index (κ3) is 3.06. The van der Waals surface area contributed by atoms with Crippen molar-refractivity contribution in [1.82, 2.24) is 4.90 Å². The van der Waals surface area contributed by atoms with Crippen LogP contribution in [0.2, 0.25) is 0 Å². The van der Waals surface area contributed by atoms with Crippen molar-refractivity contribution in [3.8, 4) is 11.5 Å². The lowest BCUT2D eigenvalue weighted by molar-refractivity contribution is 0.0608. The average Bonchev–Trinajstić information content (AvgIpc) is 2.40. The van der Waals surface area contributed by atoms with Gasteiger partial charge in [-0.1, -0.05) is 20.8 Å². The standard InChI is InChI=1S/C16H23NO3/c1-16(2,3)12-6-8-17(9-7-12)15(20)11-4-5-13(18)14(19)10-11/h4-5,10,12,18-19H,6-9H2,1-3H3. The van der Waals surface area contributed by atoms with E-state index in [2.05, 4.69) is 20.8 Å². The monoisotopic (exact) mass is 277 g/mol. The number of piperidine rings is 1. The summed E-state index contributed by atoms with van der Waals surface area (Å²) in [6, 6.07) is 4.23. The Bertz CT molecular complexity index is 497. The van der Waals surface area contributed by atoms with Crippen LogP contribution in [0.3, 0.4) is 0 Å². The van der Waals surface area contributed by atoms with Gasteiger partial charge in [-0.25, -0.2) is 0 Å². The van der Waals surface area contributed by atoms with Crippen molar-refractivity contribution in [2.75, 3.05) is 13.1 Å². The zero-order valence-electron chi connectivity index (χ0n) is 12.4. The van der Waals surface area contributed by atoms with Crippen molar-refractivity contribution in [1.29, 1.82) is 0 Å². The quantitative estimate of drug-likeness (QED) is 0.776. The fraction of sp³-hybridized carbons (Fsp3) is 0.562. The summed E-state index contributed by atoms with van der Waals surface area (Å²) >= 11 is 0. The van der Waals surface area contributed by atoms with Gasteiger partial charge in [-0.15, -0.1) is 0 Å². The number of likely N-dealkylation sites (tertiary alicyclic amines) is 1. The Morgan fingerprint density at radius 1 is 1.15 bits per heavy atom. The zero-order valence-corrected chi connectivity index (χ0v) is 12.4. The molecule has 1 amide bonds. The lowest BCUT2D eigenvalue weighted by Crippen LogP contribution is -2.41. The van der Waals surface area contributed by atoms with Crippen LogP contribution in [-0.2, 0) is 0 Å². The number of hydrogen-bond donors (Lipinski definition) is 2. The molecule has 0 unspecified atom stereocenters. The zero-order chi connectivity index (χ0) is 14.9. The lowest BCUT2D eigenvalue weighted by Gasteiger charge is -2.38. The summed E-state index contributed by atoms with van der Waals surface area (Å²) in [4.78, 5) is 14.2. The van der Waals surface area contributed by atoms with Crippen LogP contribution in [-0.4, -0.2) is 34.1 Å². The molecule has 0 atom stereocenters. The van der Waals surface area contributed by atoms with Crippen molar-refractivity contribution in [3.63, 3.8) is 0 Å². The molecular formula is C16H23NO3. The minimum Gasteiger partial charge on any atom is -0.504 e. The van der Waals surface area contributed by atoms with Crippen LogP contribution in [0.4, 0.5) is 0 Å². The number of benzene rings is 1. The first-order valence-electron chi connectivity index (χ1n) is 7.10. The summed E-state index contributed by atoms with van der Waals surface area (Å²) in [6.45, 7) is 8.23. The number of phenols is 2. The number of carbonyl (C=O) groups excluding carboxylic acids is 1. The summed E-state index contributed by atoms with van der Waals surface area (Å²) in [5.74, 6) is 0.112. The lowest BCUT2D eigenvalue weighted by atomic mass is 9.75. The highest BCUT2D eigenvalue weighted by Crippen LogP contribution is 2.34. The summed E-state index contributed by atoms with van der Waals surface area (Å²) < 4.78 is 0. The number of phenolic OH excluding ortho intramolecular Hbond substituents is 2. The molecule has 20 heavy (non-hydrogen) atoms. The number of amides is 1. The molecule has 1 heterocycles. The minimum absolute atomic E-state index is 0.0762. The van der Waals surface area contributed by atoms with Gasteiger partial charge >= 0.3 is 0 Å². The van der Waals surface area contributed by atoms with E-state index in [9.17, 15) is 15.0 Å². The molecular weight excluding hydrogens is 254 g/mol. The van der Waals surface area contributed by atoms with E-state index in [1.807, 2.05) is 4.90 Å². The second kappa shape index (κ2) is 5.35. The third-order valence-corrected chi connectivity index (χ3v) is 4.23. The third-order valence-electron chi connectivity index (χ3n) is 4.23. The number of carbonyl (C=O) groups is 1. The molecule has 0 aromatic heterocycles. The van der Waals surface area contributed by atoms with Crippen LogP contribution in [0, 0.1) is 11.3 Å². The molecule has 110 valence electrons. The van der Waals surface area contributed by atoms with Gasteiger partial charge in [0, 0.05) is 18.7 Å². The highest BCUT2D eigenvalue weighted by Gasteiger charge is 2.30. The molecule has 0 aliphatic carbocycles. The summed E-state index contributed by atoms with van der Waals surface area (Å²) in [5.41, 5.74) is 0.709. The van der Waals surface area contributed by atoms with Gasteiger partial charge in [0.2, 0.25) is 0 Å². The van der Waals surface area contributed by atoms with Crippen molar-refractivity contribution in [2.24, 2.45) is 11.3 Å². The van der Waals surface area contributed by atoms with Crippen molar-refractivity contribution < 1.29 is 15.0 Å². The van der Waals surface area contributed by atoms with Crippen molar-refractivity contribution >= 4 is 5.91 Å². The Morgan fingerprint density at radius 2 is 1.75 bits per heavy atom. The first kappa shape index (κ1) is 14.7. The predicted octanol–water partition coefficient (Wildman–Crippen LogP) is 3.00. The van der Waals surface area contributed by atoms with Crippen LogP contribution >= 0.6 is 0 Å². The fourth-order valence-corrected chi connectivity index (χ4v) is 2.79. The van der Waals surface area contributed by atoms with Crippen LogP contribution in [0.1, 0.15) is 44.0 Å². The predicted molar refractivity (Wildman–Crippen MR) is 77.9 cm³/mol. The number of hydrogen-bond acceptors (Lipinski definition) is 3. The van der Waals surface area contributed by atoms with E-state index in [-0.39, 0.29) is 22.8 Å². The Labute approximate surface area is 120 Å². The molecule has 4 nitrogen and oxygen atoms in total. The molecule has 4 heteroatoms. The Morgan fingerprint density at radius 3 is 2.25 bits per heavy atom. The van der Waals surface area contributed by atoms with E-state index >= 15 is 0 Å². The Balaban J connectivity index is 2.03. The second-order valence-corrected chi connectivity index (χ2v) is 6.64. The van der Waals surface area contributed by atoms with E-state index in [1.54, 1.807) is 6.07 Å². The molecule has 2 N–H and O–H groups in total. The smallest absolute Gasteiger partial charge is 0.253 e. The fourth-order valence-electron chi connectivity index (χ4n) is 2.79. The van der Waals surface area contributed by atoms with E-state index in [4.69, 9.17) is 0 Å². The number of rotatable bonds is 1. The normalized spacial score (nSPS) is 17.2. The van der Waals surface area contributed by atoms with Crippen LogP contribution in [0.5, 0.6) is 11.5 Å². The summed E-state index contributed by atoms with van der Waals surface area (Å²) in [5, 5.41) is 18.8. The molecule has 1 aromatic carbocycles. The van der Waals surface area contributed by atoms with E-state index in [1.165, 1.54) is 12.1 Å². The van der Waals surface area contributed by atoms with Gasteiger partial charge in [0.25, 0.3) is 5.91 Å². The summed E-state index contributed by atoms with van der Waals surface area (Å²) in [7, 11) is 0. The largest absolute Gasteiger partial charge is 0.504 e. The molecule has 1 saturated heterocycles. The van der Waals surface area contributed by atoms with Crippen LogP contribution in [0.15, 0.2) is 18.2 Å². The van der Waals surface area contributed by atoms with Crippen molar-refractivity contribution in [3.05, 3.63) is 23.8 Å². The molecule has 0 radical (unpaired) electrons. The molecule has 1 aliphatic heterocycles. The highest BCUT2D eigenvalue weighted by molar-refractivity contribution is 5.94. The molecule has 1 aromatic rings. The maximum Gasteiger partial charge on any atom is 0.253 e. The van der Waals surface area contributed by atoms with Gasteiger partial charge in [-0.2, -0.15) is 0 Å². The highest BCUT2D eigenvalue weighted by atomic mass is 16.3. The number of nitrogens with zero attached hydrogens (tertiary/aromatic N) is 1. The number of aromatic hydroxyl groups is 2. The van der Waals surface area contributed by atoms with Gasteiger partial charge in [0.05, 0.1) is 0 Å². The first-order valence-corrected chi connectivity index (χ1v) is 7.10. The van der Waals surface area contributed by atoms with Gasteiger partial charge < -0.3 is 15.1 Å². The molecule has 0 bridgehead atoms. The van der Waals surface area contributed by atoms with Crippen molar-refractivity contribution in [2.45, 2.75) is 33.6 Å². The van der Waals surface area contributed by atoms with Crippen LogP contribution < -0.4 is 0 Å². The van der Waals surface area contributed by atoms with Gasteiger partial charge in [0.1, 0.15) is 0 Å². The molecule has 0 saturated carbocycles. The average molecular weight is 277 g/mol. The first-order chi connectivity index (χ1) is 9.29. The van der Waals surface area contributed by atoms with E-state index in [0.717, 1.165) is 25.9 Å². The minimum atomic E-state index is -0.250. The van der Waals surface area contributed by atoms with Gasteiger partial charge in [0.15, 0.2) is 11.5 Å². The molecule has 1 aliphatic rings. The van der Waals surface area contributed by atoms with E-state index in [0.29, 0.717) is 11.5 Å². The molecule has 1 fully saturated rings. The summed E-state index contributed by atoms with van der Waals surface area (Å²) in [6.07, 6.45) is 2.03. The SMILES string of the molecule is CC(C)(C)C1CCN(C(=O)c2ccc(O)c(O)c2)CC1. The van der Waals surface area contributed by atoms with Gasteiger partial charge in [-0.3, -0.25) is 4.79 Å². The maximum atomic E-state index is 12.4. The van der Waals surface area contributed by atoms with Crippen LogP contribution in [0.25, 0.3) is 0 Å². The topological polar surface area (TPSA) is 60.8 Å². The second-order valence-electron chi connectivity index (χ2n) is 6.64. The van der Waals surface area contributed by atoms with E-state index < -0.39 is 0 Å².